The Morgan fingerprint density at radius 3 is 2.61 bits per heavy atom. The molecule has 0 radical (unpaired) electrons. The Labute approximate surface area is 184 Å². The summed E-state index contributed by atoms with van der Waals surface area (Å²) in [5.41, 5.74) is 2.89. The van der Waals surface area contributed by atoms with Crippen LogP contribution in [0.15, 0.2) is 30.5 Å². The minimum atomic E-state index is -0.982. The van der Waals surface area contributed by atoms with Crippen LogP contribution in [0.5, 0.6) is 0 Å². The fraction of sp³-hybridized carbons (Fsp3) is 0.409. The molecule has 8 nitrogen and oxygen atoms in total. The molecule has 3 heterocycles. The van der Waals surface area contributed by atoms with Crippen molar-refractivity contribution in [2.75, 3.05) is 0 Å². The van der Waals surface area contributed by atoms with E-state index in [2.05, 4.69) is 24.7 Å². The molecule has 1 amide bonds. The van der Waals surface area contributed by atoms with Crippen molar-refractivity contribution >= 4 is 17.7 Å². The Morgan fingerprint density at radius 2 is 1.87 bits per heavy atom. The van der Waals surface area contributed by atoms with E-state index in [4.69, 9.17) is 11.6 Å². The molecule has 5 rings (SSSR count). The number of nitrogens with zero attached hydrogens (tertiary/aromatic N) is 6. The monoisotopic (exact) mass is 438 g/mol. The van der Waals surface area contributed by atoms with Gasteiger partial charge in [0.15, 0.2) is 5.82 Å². The van der Waals surface area contributed by atoms with Gasteiger partial charge in [0.2, 0.25) is 0 Å². The van der Waals surface area contributed by atoms with E-state index in [1.165, 1.54) is 4.90 Å². The van der Waals surface area contributed by atoms with Crippen LogP contribution in [-0.4, -0.2) is 40.8 Å². The van der Waals surface area contributed by atoms with E-state index in [1.54, 1.807) is 0 Å². The molecule has 1 fully saturated rings. The van der Waals surface area contributed by atoms with Gasteiger partial charge >= 0.3 is 6.09 Å². The molecule has 2 aliphatic rings. The number of aromatic nitrogens is 5. The molecule has 0 atom stereocenters. The van der Waals surface area contributed by atoms with Crippen molar-refractivity contribution in [3.63, 3.8) is 0 Å². The summed E-state index contributed by atoms with van der Waals surface area (Å²) in [6.07, 6.45) is 4.87. The summed E-state index contributed by atoms with van der Waals surface area (Å²) in [4.78, 5) is 21.9. The molecular weight excluding hydrogens is 416 g/mol. The van der Waals surface area contributed by atoms with Gasteiger partial charge in [-0.15, -0.1) is 10.2 Å². The van der Waals surface area contributed by atoms with Crippen LogP contribution in [-0.2, 0) is 13.1 Å². The van der Waals surface area contributed by atoms with Crippen LogP contribution in [0.4, 0.5) is 4.79 Å². The zero-order valence-electron chi connectivity index (χ0n) is 17.2. The number of aryl methyl sites for hydroxylation is 1. The van der Waals surface area contributed by atoms with Crippen molar-refractivity contribution in [1.82, 2.24) is 29.6 Å². The van der Waals surface area contributed by atoms with Crippen LogP contribution in [0.2, 0.25) is 5.02 Å². The molecule has 160 valence electrons. The molecule has 0 bridgehead atoms. The van der Waals surface area contributed by atoms with Crippen molar-refractivity contribution in [3.05, 3.63) is 64.2 Å². The van der Waals surface area contributed by atoms with Gasteiger partial charge in [-0.3, -0.25) is 9.47 Å². The van der Waals surface area contributed by atoms with Gasteiger partial charge in [0.05, 0.1) is 18.8 Å². The average Bonchev–Trinajstić information content (AvgIpc) is 3.09. The fourth-order valence-electron chi connectivity index (χ4n) is 4.78. The number of carbonyl (C=O) groups is 1. The van der Waals surface area contributed by atoms with Crippen molar-refractivity contribution in [2.24, 2.45) is 0 Å². The van der Waals surface area contributed by atoms with Crippen LogP contribution in [0.1, 0.15) is 66.2 Å². The normalized spacial score (nSPS) is 20.6. The van der Waals surface area contributed by atoms with E-state index in [1.807, 2.05) is 37.4 Å². The second kappa shape index (κ2) is 7.92. The Kier molecular flexibility index (Phi) is 5.09. The van der Waals surface area contributed by atoms with E-state index in [9.17, 15) is 9.90 Å². The summed E-state index contributed by atoms with van der Waals surface area (Å²) in [5, 5.41) is 19.1. The van der Waals surface area contributed by atoms with Crippen LogP contribution in [0.25, 0.3) is 5.69 Å². The average molecular weight is 439 g/mol. The minimum Gasteiger partial charge on any atom is -0.465 e. The molecule has 0 saturated heterocycles. The summed E-state index contributed by atoms with van der Waals surface area (Å²) in [6.45, 7) is 2.39. The number of halogens is 1. The fourth-order valence-corrected chi connectivity index (χ4v) is 4.97. The third kappa shape index (κ3) is 3.76. The summed E-state index contributed by atoms with van der Waals surface area (Å²) < 4.78 is 2.05. The third-order valence-corrected chi connectivity index (χ3v) is 6.54. The summed E-state index contributed by atoms with van der Waals surface area (Å²) in [6, 6.07) is 7.62. The van der Waals surface area contributed by atoms with Gasteiger partial charge in [-0.25, -0.2) is 14.8 Å². The number of benzene rings is 1. The number of carboxylic acid groups (broad SMARTS) is 1. The van der Waals surface area contributed by atoms with Gasteiger partial charge in [0, 0.05) is 28.7 Å². The van der Waals surface area contributed by atoms with Crippen molar-refractivity contribution in [3.8, 4) is 5.69 Å². The predicted molar refractivity (Wildman–Crippen MR) is 114 cm³/mol. The first-order valence-corrected chi connectivity index (χ1v) is 10.9. The van der Waals surface area contributed by atoms with Gasteiger partial charge in [-0.05, 0) is 62.4 Å². The number of hydrogen-bond acceptors (Lipinski definition) is 5. The maximum Gasteiger partial charge on any atom is 0.408 e. The van der Waals surface area contributed by atoms with Crippen LogP contribution >= 0.6 is 11.6 Å². The predicted octanol–water partition coefficient (Wildman–Crippen LogP) is 4.45. The molecule has 1 aliphatic carbocycles. The SMILES string of the molecule is Cc1nccc(C2CCC(c3nnc4n3-c3ccc(Cl)cc3CN(C(=O)O)C4)CC2)n1. The molecule has 31 heavy (non-hydrogen) atoms. The maximum atomic E-state index is 11.7. The van der Waals surface area contributed by atoms with Gasteiger partial charge in [0.25, 0.3) is 0 Å². The maximum absolute atomic E-state index is 11.7. The van der Waals surface area contributed by atoms with E-state index >= 15 is 0 Å². The van der Waals surface area contributed by atoms with Crippen LogP contribution in [0, 0.1) is 6.92 Å². The molecule has 1 saturated carbocycles. The lowest BCUT2D eigenvalue weighted by molar-refractivity contribution is 0.139. The van der Waals surface area contributed by atoms with Crippen molar-refractivity contribution in [2.45, 2.75) is 57.5 Å². The van der Waals surface area contributed by atoms with E-state index in [0.29, 0.717) is 16.8 Å². The Balaban J connectivity index is 1.46. The number of amides is 1. The first-order valence-electron chi connectivity index (χ1n) is 10.5. The highest BCUT2D eigenvalue weighted by Gasteiger charge is 2.32. The summed E-state index contributed by atoms with van der Waals surface area (Å²) in [5.74, 6) is 3.05. The zero-order valence-corrected chi connectivity index (χ0v) is 18.0. The smallest absolute Gasteiger partial charge is 0.408 e. The number of rotatable bonds is 2. The molecule has 2 aromatic heterocycles. The van der Waals surface area contributed by atoms with Crippen LogP contribution in [0.3, 0.4) is 0 Å². The van der Waals surface area contributed by atoms with Crippen molar-refractivity contribution in [1.29, 1.82) is 0 Å². The van der Waals surface area contributed by atoms with Gasteiger partial charge in [-0.1, -0.05) is 11.6 Å². The van der Waals surface area contributed by atoms with E-state index in [-0.39, 0.29) is 19.0 Å². The highest BCUT2D eigenvalue weighted by atomic mass is 35.5. The molecule has 1 aliphatic heterocycles. The Bertz CT molecular complexity index is 1140. The van der Waals surface area contributed by atoms with Gasteiger partial charge in [-0.2, -0.15) is 0 Å². The third-order valence-electron chi connectivity index (χ3n) is 6.31. The second-order valence-corrected chi connectivity index (χ2v) is 8.74. The quantitative estimate of drug-likeness (QED) is 0.634. The molecule has 9 heteroatoms. The first-order chi connectivity index (χ1) is 15.0. The molecule has 1 aromatic carbocycles. The van der Waals surface area contributed by atoms with Gasteiger partial charge in [0.1, 0.15) is 11.6 Å². The lowest BCUT2D eigenvalue weighted by Gasteiger charge is -2.28. The summed E-state index contributed by atoms with van der Waals surface area (Å²) in [7, 11) is 0. The van der Waals surface area contributed by atoms with Crippen LogP contribution < -0.4 is 0 Å². The van der Waals surface area contributed by atoms with Gasteiger partial charge < -0.3 is 5.11 Å². The second-order valence-electron chi connectivity index (χ2n) is 8.30. The topological polar surface area (TPSA) is 97.0 Å². The van der Waals surface area contributed by atoms with E-state index < -0.39 is 6.09 Å². The number of hydrogen-bond donors (Lipinski definition) is 1. The van der Waals surface area contributed by atoms with Crippen molar-refractivity contribution < 1.29 is 9.90 Å². The highest BCUT2D eigenvalue weighted by Crippen LogP contribution is 2.41. The Morgan fingerprint density at radius 1 is 1.10 bits per heavy atom. The molecule has 1 N–H and O–H groups in total. The Hall–Kier alpha value is -3.00. The van der Waals surface area contributed by atoms with E-state index in [0.717, 1.165) is 54.3 Å². The number of fused-ring (bicyclic) bond motifs is 3. The lowest BCUT2D eigenvalue weighted by atomic mass is 9.80. The standard InChI is InChI=1S/C22H23ClN6O2/c1-13-24-9-8-18(25-13)14-2-4-15(5-3-14)21-27-26-20-12-28(22(30)31)11-16-10-17(23)6-7-19(16)29(20)21/h6-10,14-15H,2-5,11-12H2,1H3,(H,30,31). The molecular formula is C22H23ClN6O2. The molecule has 0 unspecified atom stereocenters. The molecule has 0 spiro atoms. The lowest BCUT2D eigenvalue weighted by Crippen LogP contribution is -2.27. The largest absolute Gasteiger partial charge is 0.465 e. The minimum absolute atomic E-state index is 0.199. The summed E-state index contributed by atoms with van der Waals surface area (Å²) >= 11 is 6.22. The zero-order chi connectivity index (χ0) is 21.5. The highest BCUT2D eigenvalue weighted by molar-refractivity contribution is 6.30. The first kappa shape index (κ1) is 19.9. The molecule has 3 aromatic rings.